The Labute approximate surface area is 77.1 Å². The van der Waals surface area contributed by atoms with Crippen LogP contribution in [0.3, 0.4) is 0 Å². The Morgan fingerprint density at radius 3 is 2.77 bits per heavy atom. The van der Waals surface area contributed by atoms with Crippen LogP contribution in [0.5, 0.6) is 0 Å². The molecule has 0 aliphatic carbocycles. The van der Waals surface area contributed by atoms with Crippen LogP contribution >= 0.6 is 0 Å². The summed E-state index contributed by atoms with van der Waals surface area (Å²) in [5.41, 5.74) is 0.692. The Balaban J connectivity index is 2.49. The van der Waals surface area contributed by atoms with Gasteiger partial charge in [-0.05, 0) is 13.8 Å². The highest BCUT2D eigenvalue weighted by Crippen LogP contribution is 2.02. The Hall–Kier alpha value is -1.52. The third-order valence-corrected chi connectivity index (χ3v) is 1.80. The molecule has 5 heteroatoms. The number of rotatable bonds is 3. The van der Waals surface area contributed by atoms with Gasteiger partial charge in [0.05, 0.1) is 11.9 Å². The van der Waals surface area contributed by atoms with Crippen LogP contribution < -0.4 is 5.32 Å². The van der Waals surface area contributed by atoms with E-state index in [1.165, 1.54) is 0 Å². The van der Waals surface area contributed by atoms with Gasteiger partial charge in [-0.25, -0.2) is 4.79 Å². The summed E-state index contributed by atoms with van der Waals surface area (Å²) in [5, 5.41) is 9.07. The molecule has 1 aromatic rings. The van der Waals surface area contributed by atoms with Gasteiger partial charge >= 0.3 is 6.03 Å². The maximum Gasteiger partial charge on any atom is 0.321 e. The zero-order valence-electron chi connectivity index (χ0n) is 7.87. The molecule has 0 saturated heterocycles. The van der Waals surface area contributed by atoms with Gasteiger partial charge < -0.3 is 10.2 Å². The highest BCUT2D eigenvalue weighted by Gasteiger charge is 2.08. The van der Waals surface area contributed by atoms with Crippen molar-refractivity contribution >= 4 is 11.7 Å². The van der Waals surface area contributed by atoms with Crippen molar-refractivity contribution in [1.82, 2.24) is 15.1 Å². The number of hydrogen-bond acceptors (Lipinski definition) is 2. The molecule has 5 nitrogen and oxygen atoms in total. The van der Waals surface area contributed by atoms with Crippen molar-refractivity contribution in [1.29, 1.82) is 0 Å². The maximum atomic E-state index is 11.4. The van der Waals surface area contributed by atoms with Gasteiger partial charge in [-0.2, -0.15) is 5.10 Å². The summed E-state index contributed by atoms with van der Waals surface area (Å²) < 4.78 is 0. The molecule has 0 atom stereocenters. The Kier molecular flexibility index (Phi) is 3.31. The minimum Gasteiger partial charge on any atom is -0.325 e. The SMILES string of the molecule is CCN(CC)C(=O)Nc1cn[nH]c1. The standard InChI is InChI=1S/C8H14N4O/c1-3-12(4-2)8(13)11-7-5-9-10-6-7/h5-6H,3-4H2,1-2H3,(H,9,10)(H,11,13). The largest absolute Gasteiger partial charge is 0.325 e. The molecule has 1 aromatic heterocycles. The Bertz CT molecular complexity index is 253. The van der Waals surface area contributed by atoms with Crippen LogP contribution in [-0.2, 0) is 0 Å². The van der Waals surface area contributed by atoms with Crippen LogP contribution in [0.1, 0.15) is 13.8 Å². The van der Waals surface area contributed by atoms with Crippen molar-refractivity contribution in [3.63, 3.8) is 0 Å². The van der Waals surface area contributed by atoms with E-state index in [0.29, 0.717) is 18.8 Å². The number of aromatic nitrogens is 2. The molecule has 1 heterocycles. The second kappa shape index (κ2) is 4.49. The molecule has 0 saturated carbocycles. The molecule has 2 amide bonds. The highest BCUT2D eigenvalue weighted by atomic mass is 16.2. The smallest absolute Gasteiger partial charge is 0.321 e. The zero-order valence-corrected chi connectivity index (χ0v) is 7.87. The van der Waals surface area contributed by atoms with Crippen molar-refractivity contribution in [2.45, 2.75) is 13.8 Å². The average Bonchev–Trinajstić information content (AvgIpc) is 2.59. The molecule has 0 spiro atoms. The summed E-state index contributed by atoms with van der Waals surface area (Å²) in [5.74, 6) is 0. The van der Waals surface area contributed by atoms with E-state index < -0.39 is 0 Å². The number of urea groups is 1. The second-order valence-corrected chi connectivity index (χ2v) is 2.59. The van der Waals surface area contributed by atoms with Crippen molar-refractivity contribution < 1.29 is 4.79 Å². The first-order chi connectivity index (χ1) is 6.27. The van der Waals surface area contributed by atoms with Gasteiger partial charge in [0, 0.05) is 19.3 Å². The molecule has 2 N–H and O–H groups in total. The van der Waals surface area contributed by atoms with Crippen molar-refractivity contribution in [3.05, 3.63) is 12.4 Å². The molecule has 0 aromatic carbocycles. The van der Waals surface area contributed by atoms with Crippen molar-refractivity contribution in [2.75, 3.05) is 18.4 Å². The van der Waals surface area contributed by atoms with E-state index in [4.69, 9.17) is 0 Å². The van der Waals surface area contributed by atoms with E-state index in [1.54, 1.807) is 17.3 Å². The molecule has 0 bridgehead atoms. The van der Waals surface area contributed by atoms with Crippen LogP contribution in [-0.4, -0.2) is 34.2 Å². The molecule has 0 unspecified atom stereocenters. The molecule has 13 heavy (non-hydrogen) atoms. The first-order valence-corrected chi connectivity index (χ1v) is 4.32. The molecule has 72 valence electrons. The number of nitrogens with zero attached hydrogens (tertiary/aromatic N) is 2. The number of amides is 2. The molecule has 0 aliphatic rings. The summed E-state index contributed by atoms with van der Waals surface area (Å²) in [6.07, 6.45) is 3.21. The lowest BCUT2D eigenvalue weighted by Gasteiger charge is -2.18. The summed E-state index contributed by atoms with van der Waals surface area (Å²) in [6.45, 7) is 5.30. The van der Waals surface area contributed by atoms with Crippen LogP contribution in [0.25, 0.3) is 0 Å². The van der Waals surface area contributed by atoms with Gasteiger partial charge in [0.1, 0.15) is 0 Å². The van der Waals surface area contributed by atoms with E-state index in [1.807, 2.05) is 13.8 Å². The lowest BCUT2D eigenvalue weighted by atomic mass is 10.5. The second-order valence-electron chi connectivity index (χ2n) is 2.59. The molecular formula is C8H14N4O. The Morgan fingerprint density at radius 1 is 1.62 bits per heavy atom. The number of aromatic amines is 1. The van der Waals surface area contributed by atoms with Gasteiger partial charge in [-0.15, -0.1) is 0 Å². The predicted octanol–water partition coefficient (Wildman–Crippen LogP) is 1.28. The quantitative estimate of drug-likeness (QED) is 0.739. The molecular weight excluding hydrogens is 168 g/mol. The van der Waals surface area contributed by atoms with Crippen LogP contribution in [0, 0.1) is 0 Å². The number of carbonyl (C=O) groups excluding carboxylic acids is 1. The number of anilines is 1. The number of hydrogen-bond donors (Lipinski definition) is 2. The summed E-state index contributed by atoms with van der Waals surface area (Å²) in [6, 6.07) is -0.0913. The fourth-order valence-corrected chi connectivity index (χ4v) is 1.03. The van der Waals surface area contributed by atoms with Gasteiger partial charge in [0.15, 0.2) is 0 Å². The third-order valence-electron chi connectivity index (χ3n) is 1.80. The number of nitrogens with one attached hydrogen (secondary N) is 2. The van der Waals surface area contributed by atoms with E-state index >= 15 is 0 Å². The topological polar surface area (TPSA) is 61.0 Å². The van der Waals surface area contributed by atoms with Crippen LogP contribution in [0.2, 0.25) is 0 Å². The van der Waals surface area contributed by atoms with Gasteiger partial charge in [0.25, 0.3) is 0 Å². The number of carbonyl (C=O) groups is 1. The predicted molar refractivity (Wildman–Crippen MR) is 50.5 cm³/mol. The van der Waals surface area contributed by atoms with E-state index in [2.05, 4.69) is 15.5 Å². The maximum absolute atomic E-state index is 11.4. The zero-order chi connectivity index (χ0) is 9.68. The fraction of sp³-hybridized carbons (Fsp3) is 0.500. The van der Waals surface area contributed by atoms with Gasteiger partial charge in [-0.1, -0.05) is 0 Å². The fourth-order valence-electron chi connectivity index (χ4n) is 1.03. The molecule has 1 rings (SSSR count). The lowest BCUT2D eigenvalue weighted by molar-refractivity contribution is 0.217. The lowest BCUT2D eigenvalue weighted by Crippen LogP contribution is -2.34. The third kappa shape index (κ3) is 2.47. The van der Waals surface area contributed by atoms with Crippen molar-refractivity contribution in [3.8, 4) is 0 Å². The molecule has 0 fully saturated rings. The van der Waals surface area contributed by atoms with Crippen molar-refractivity contribution in [2.24, 2.45) is 0 Å². The Morgan fingerprint density at radius 2 is 2.31 bits per heavy atom. The molecule has 0 aliphatic heterocycles. The van der Waals surface area contributed by atoms with E-state index in [-0.39, 0.29) is 6.03 Å². The van der Waals surface area contributed by atoms with E-state index in [0.717, 1.165) is 0 Å². The normalized spacial score (nSPS) is 9.69. The summed E-state index contributed by atoms with van der Waals surface area (Å²) in [4.78, 5) is 13.1. The summed E-state index contributed by atoms with van der Waals surface area (Å²) >= 11 is 0. The van der Waals surface area contributed by atoms with E-state index in [9.17, 15) is 4.79 Å². The summed E-state index contributed by atoms with van der Waals surface area (Å²) in [7, 11) is 0. The van der Waals surface area contributed by atoms with Crippen LogP contribution in [0.15, 0.2) is 12.4 Å². The first-order valence-electron chi connectivity index (χ1n) is 4.32. The minimum absolute atomic E-state index is 0.0913. The van der Waals surface area contributed by atoms with Gasteiger partial charge in [0.2, 0.25) is 0 Å². The van der Waals surface area contributed by atoms with Gasteiger partial charge in [-0.3, -0.25) is 5.10 Å². The minimum atomic E-state index is -0.0913. The molecule has 0 radical (unpaired) electrons. The highest BCUT2D eigenvalue weighted by molar-refractivity contribution is 5.88. The average molecular weight is 182 g/mol. The monoisotopic (exact) mass is 182 g/mol. The first kappa shape index (κ1) is 9.57. The van der Waals surface area contributed by atoms with Crippen LogP contribution in [0.4, 0.5) is 10.5 Å². The number of H-pyrrole nitrogens is 1.